The Morgan fingerprint density at radius 1 is 1.37 bits per heavy atom. The van der Waals surface area contributed by atoms with E-state index in [0.29, 0.717) is 48.2 Å². The molecule has 30 heavy (non-hydrogen) atoms. The van der Waals surface area contributed by atoms with Gasteiger partial charge in [0.2, 0.25) is 18.2 Å². The fraction of sp³-hybridized carbons (Fsp3) is 0.571. The second-order valence-corrected chi connectivity index (χ2v) is 7.95. The summed E-state index contributed by atoms with van der Waals surface area (Å²) in [5.74, 6) is -0.117. The summed E-state index contributed by atoms with van der Waals surface area (Å²) in [6.07, 6.45) is 5.73. The van der Waals surface area contributed by atoms with Crippen LogP contribution < -0.4 is 15.5 Å². The molecule has 9 nitrogen and oxygen atoms in total. The van der Waals surface area contributed by atoms with Gasteiger partial charge in [-0.25, -0.2) is 10.5 Å². The van der Waals surface area contributed by atoms with Crippen LogP contribution in [0.3, 0.4) is 0 Å². The van der Waals surface area contributed by atoms with Gasteiger partial charge in [0.25, 0.3) is 0 Å². The molecule has 1 aromatic rings. The highest BCUT2D eigenvalue weighted by Gasteiger charge is 2.39. The number of benzene rings is 1. The van der Waals surface area contributed by atoms with Gasteiger partial charge in [-0.3, -0.25) is 24.6 Å². The molecule has 3 N–H and O–H groups in total. The molecule has 0 unspecified atom stereocenters. The number of ether oxygens (including phenoxy) is 1. The van der Waals surface area contributed by atoms with E-state index in [1.165, 1.54) is 5.01 Å². The van der Waals surface area contributed by atoms with Gasteiger partial charge in [-0.2, -0.15) is 0 Å². The average molecular weight is 418 g/mol. The van der Waals surface area contributed by atoms with Gasteiger partial charge in [0.05, 0.1) is 19.6 Å². The molecular formula is C21H30N4O5. The summed E-state index contributed by atoms with van der Waals surface area (Å²) in [6.45, 7) is 0.413. The lowest BCUT2D eigenvalue weighted by Crippen LogP contribution is -2.51. The van der Waals surface area contributed by atoms with Crippen LogP contribution in [-0.4, -0.2) is 59.7 Å². The summed E-state index contributed by atoms with van der Waals surface area (Å²) in [6, 6.07) is 6.36. The van der Waals surface area contributed by atoms with Gasteiger partial charge in [-0.15, -0.1) is 0 Å². The van der Waals surface area contributed by atoms with E-state index >= 15 is 0 Å². The number of hydrogen-bond acceptors (Lipinski definition) is 6. The quantitative estimate of drug-likeness (QED) is 0.320. The molecule has 2 fully saturated rings. The Labute approximate surface area is 176 Å². The average Bonchev–Trinajstić information content (AvgIpc) is 3.44. The van der Waals surface area contributed by atoms with Crippen LogP contribution in [-0.2, 0) is 14.4 Å². The normalized spacial score (nSPS) is 20.1. The molecule has 1 aromatic carbocycles. The van der Waals surface area contributed by atoms with Crippen molar-refractivity contribution in [3.05, 3.63) is 24.3 Å². The lowest BCUT2D eigenvalue weighted by atomic mass is 9.92. The van der Waals surface area contributed by atoms with Crippen LogP contribution in [0.2, 0.25) is 0 Å². The molecule has 1 heterocycles. The standard InChI is InChI=1S/C21H30N4O5/c1-30-18-8-4-7-17(12-18)23-20(27)19-9-10-22-25(19)21(28)16(13-24(29)14-26)11-15-5-2-3-6-15/h4,7-8,12,14-16,19,22,29H,2-3,5-6,9-11,13H2,1H3,(H,23,27)/t16-,19+/m1/s1. The van der Waals surface area contributed by atoms with Gasteiger partial charge in [0.1, 0.15) is 11.8 Å². The molecule has 2 aliphatic rings. The summed E-state index contributed by atoms with van der Waals surface area (Å²) in [5, 5.41) is 14.4. The van der Waals surface area contributed by atoms with E-state index in [1.807, 2.05) is 0 Å². The summed E-state index contributed by atoms with van der Waals surface area (Å²) in [7, 11) is 1.55. The predicted octanol–water partition coefficient (Wildman–Crippen LogP) is 1.78. The molecule has 9 heteroatoms. The Morgan fingerprint density at radius 3 is 2.83 bits per heavy atom. The monoisotopic (exact) mass is 418 g/mol. The van der Waals surface area contributed by atoms with E-state index in [9.17, 15) is 19.6 Å². The maximum atomic E-state index is 13.3. The summed E-state index contributed by atoms with van der Waals surface area (Å²) in [4.78, 5) is 37.0. The van der Waals surface area contributed by atoms with Crippen molar-refractivity contribution >= 4 is 23.9 Å². The highest BCUT2D eigenvalue weighted by atomic mass is 16.5. The largest absolute Gasteiger partial charge is 0.497 e. The Kier molecular flexibility index (Phi) is 7.64. The molecule has 1 saturated heterocycles. The minimum atomic E-state index is -0.668. The minimum absolute atomic E-state index is 0.0821. The third-order valence-electron chi connectivity index (χ3n) is 5.86. The van der Waals surface area contributed by atoms with Crippen molar-refractivity contribution in [2.75, 3.05) is 25.5 Å². The molecular weight excluding hydrogens is 388 g/mol. The van der Waals surface area contributed by atoms with Crippen molar-refractivity contribution in [3.63, 3.8) is 0 Å². The number of nitrogens with zero attached hydrogens (tertiary/aromatic N) is 2. The number of rotatable bonds is 9. The number of methoxy groups -OCH3 is 1. The van der Waals surface area contributed by atoms with Crippen molar-refractivity contribution in [1.82, 2.24) is 15.5 Å². The topological polar surface area (TPSA) is 111 Å². The van der Waals surface area contributed by atoms with Crippen molar-refractivity contribution in [3.8, 4) is 5.75 Å². The van der Waals surface area contributed by atoms with E-state index in [4.69, 9.17) is 4.74 Å². The first-order valence-corrected chi connectivity index (χ1v) is 10.4. The van der Waals surface area contributed by atoms with Crippen LogP contribution in [0, 0.1) is 11.8 Å². The summed E-state index contributed by atoms with van der Waals surface area (Å²) in [5.41, 5.74) is 3.59. The van der Waals surface area contributed by atoms with Gasteiger partial charge in [-0.05, 0) is 30.9 Å². The van der Waals surface area contributed by atoms with E-state index in [2.05, 4.69) is 10.7 Å². The van der Waals surface area contributed by atoms with Crippen molar-refractivity contribution in [1.29, 1.82) is 0 Å². The zero-order valence-electron chi connectivity index (χ0n) is 17.3. The molecule has 0 spiro atoms. The van der Waals surface area contributed by atoms with Crippen LogP contribution in [0.15, 0.2) is 24.3 Å². The molecule has 0 bridgehead atoms. The van der Waals surface area contributed by atoms with Crippen LogP contribution in [0.1, 0.15) is 38.5 Å². The van der Waals surface area contributed by atoms with Crippen molar-refractivity contribution in [2.45, 2.75) is 44.6 Å². The number of nitrogens with one attached hydrogen (secondary N) is 2. The van der Waals surface area contributed by atoms with E-state index < -0.39 is 12.0 Å². The number of hydroxylamine groups is 2. The van der Waals surface area contributed by atoms with Gasteiger partial charge < -0.3 is 10.1 Å². The maximum Gasteiger partial charge on any atom is 0.248 e. The molecule has 1 aliphatic heterocycles. The zero-order chi connectivity index (χ0) is 21.5. The first-order valence-electron chi connectivity index (χ1n) is 10.4. The Bertz CT molecular complexity index is 753. The van der Waals surface area contributed by atoms with Crippen molar-refractivity contribution < 1.29 is 24.3 Å². The predicted molar refractivity (Wildman–Crippen MR) is 109 cm³/mol. The first-order chi connectivity index (χ1) is 14.5. The highest BCUT2D eigenvalue weighted by Crippen LogP contribution is 2.31. The second kappa shape index (κ2) is 10.4. The number of carbonyl (C=O) groups is 3. The van der Waals surface area contributed by atoms with Crippen LogP contribution >= 0.6 is 0 Å². The Balaban J connectivity index is 1.69. The fourth-order valence-corrected chi connectivity index (χ4v) is 4.33. The molecule has 2 atom stereocenters. The minimum Gasteiger partial charge on any atom is -0.497 e. The highest BCUT2D eigenvalue weighted by molar-refractivity contribution is 5.97. The molecule has 1 saturated carbocycles. The zero-order valence-corrected chi connectivity index (χ0v) is 17.3. The van der Waals surface area contributed by atoms with Crippen LogP contribution in [0.25, 0.3) is 0 Å². The fourth-order valence-electron chi connectivity index (χ4n) is 4.33. The van der Waals surface area contributed by atoms with Gasteiger partial charge in [0.15, 0.2) is 0 Å². The first kappa shape index (κ1) is 22.0. The molecule has 0 radical (unpaired) electrons. The van der Waals surface area contributed by atoms with Crippen molar-refractivity contribution in [2.24, 2.45) is 11.8 Å². The van der Waals surface area contributed by atoms with E-state index in [1.54, 1.807) is 31.4 Å². The van der Waals surface area contributed by atoms with Gasteiger partial charge in [-0.1, -0.05) is 31.7 Å². The molecule has 1 aliphatic carbocycles. The molecule has 3 rings (SSSR count). The summed E-state index contributed by atoms with van der Waals surface area (Å²) >= 11 is 0. The van der Waals surface area contributed by atoms with Crippen LogP contribution in [0.4, 0.5) is 5.69 Å². The molecule has 164 valence electrons. The summed E-state index contributed by atoms with van der Waals surface area (Å²) < 4.78 is 5.18. The maximum absolute atomic E-state index is 13.3. The Morgan fingerprint density at radius 2 is 2.13 bits per heavy atom. The third kappa shape index (κ3) is 5.48. The number of anilines is 1. The van der Waals surface area contributed by atoms with E-state index in [0.717, 1.165) is 25.7 Å². The third-order valence-corrected chi connectivity index (χ3v) is 5.86. The smallest absolute Gasteiger partial charge is 0.248 e. The lowest BCUT2D eigenvalue weighted by Gasteiger charge is -2.30. The SMILES string of the molecule is COc1cccc(NC(=O)[C@@H]2CCNN2C(=O)[C@H](CC2CCCC2)CN(O)C=O)c1. The number of amides is 3. The van der Waals surface area contributed by atoms with Gasteiger partial charge in [0, 0.05) is 18.3 Å². The van der Waals surface area contributed by atoms with Crippen LogP contribution in [0.5, 0.6) is 5.75 Å². The van der Waals surface area contributed by atoms with E-state index in [-0.39, 0.29) is 18.4 Å². The number of hydrogen-bond donors (Lipinski definition) is 3. The molecule has 3 amide bonds. The Hall–Kier alpha value is -2.65. The number of carbonyl (C=O) groups excluding carboxylic acids is 3. The number of hydrazine groups is 1. The second-order valence-electron chi connectivity index (χ2n) is 7.95. The van der Waals surface area contributed by atoms with Gasteiger partial charge >= 0.3 is 0 Å². The molecule has 0 aromatic heterocycles. The lowest BCUT2D eigenvalue weighted by molar-refractivity contribution is -0.159.